The third-order valence-corrected chi connectivity index (χ3v) is 4.59. The number of amides is 1. The Labute approximate surface area is 146 Å². The highest BCUT2D eigenvalue weighted by Gasteiger charge is 2.24. The number of carbonyl (C=O) groups excluding carboxylic acids is 1. The van der Waals surface area contributed by atoms with Crippen LogP contribution in [0.5, 0.6) is 0 Å². The Bertz CT molecular complexity index is 796. The molecule has 0 spiro atoms. The molecule has 25 heavy (non-hydrogen) atoms. The molecule has 0 radical (unpaired) electrons. The van der Waals surface area contributed by atoms with Crippen molar-refractivity contribution >= 4 is 5.91 Å². The molecule has 1 saturated heterocycles. The lowest BCUT2D eigenvalue weighted by molar-refractivity contribution is -0.132. The Hall–Kier alpha value is -2.54. The number of hydrogen-bond acceptors (Lipinski definition) is 5. The second kappa shape index (κ2) is 7.57. The van der Waals surface area contributed by atoms with Crippen LogP contribution >= 0.6 is 0 Å². The van der Waals surface area contributed by atoms with E-state index in [9.17, 15) is 9.59 Å². The average molecular weight is 342 g/mol. The molecule has 1 aliphatic rings. The minimum atomic E-state index is -0.284. The molecule has 1 aliphatic heterocycles. The number of ether oxygens (including phenoxy) is 1. The Balaban J connectivity index is 1.75. The second-order valence-electron chi connectivity index (χ2n) is 6.19. The lowest BCUT2D eigenvalue weighted by Gasteiger charge is -2.31. The quantitative estimate of drug-likeness (QED) is 0.905. The predicted octanol–water partition coefficient (Wildman–Crippen LogP) is 1.32. The monoisotopic (exact) mass is 342 g/mol. The molecule has 1 fully saturated rings. The van der Waals surface area contributed by atoms with E-state index in [2.05, 4.69) is 15.0 Å². The predicted molar refractivity (Wildman–Crippen MR) is 93.1 cm³/mol. The van der Waals surface area contributed by atoms with E-state index in [1.54, 1.807) is 37.3 Å². The van der Waals surface area contributed by atoms with Gasteiger partial charge in [-0.2, -0.15) is 0 Å². The topological polar surface area (TPSA) is 88.2 Å². The molecule has 0 bridgehead atoms. The maximum Gasteiger partial charge on any atom is 0.255 e. The molecule has 0 saturated carbocycles. The number of rotatable bonds is 4. The molecule has 3 heterocycles. The molecule has 7 heteroatoms. The fraction of sp³-hybridized carbons (Fsp3) is 0.444. The van der Waals surface area contributed by atoms with Crippen molar-refractivity contribution in [3.63, 3.8) is 0 Å². The van der Waals surface area contributed by atoms with E-state index in [1.807, 2.05) is 6.07 Å². The van der Waals surface area contributed by atoms with Crippen LogP contribution in [-0.2, 0) is 16.0 Å². The molecule has 0 aromatic carbocycles. The third-order valence-electron chi connectivity index (χ3n) is 4.59. The number of aryl methyl sites for hydroxylation is 1. The first-order chi connectivity index (χ1) is 12.1. The van der Waals surface area contributed by atoms with Gasteiger partial charge in [-0.15, -0.1) is 0 Å². The van der Waals surface area contributed by atoms with E-state index in [-0.39, 0.29) is 24.0 Å². The highest BCUT2D eigenvalue weighted by molar-refractivity contribution is 5.79. The molecule has 2 aromatic rings. The summed E-state index contributed by atoms with van der Waals surface area (Å²) in [5, 5.41) is 0. The molecule has 1 N–H and O–H groups in total. The van der Waals surface area contributed by atoms with Gasteiger partial charge in [0.25, 0.3) is 5.56 Å². The van der Waals surface area contributed by atoms with E-state index < -0.39 is 0 Å². The molecule has 0 unspecified atom stereocenters. The van der Waals surface area contributed by atoms with Crippen molar-refractivity contribution in [1.29, 1.82) is 0 Å². The van der Waals surface area contributed by atoms with Gasteiger partial charge >= 0.3 is 0 Å². The first-order valence-corrected chi connectivity index (χ1v) is 8.40. The van der Waals surface area contributed by atoms with Crippen LogP contribution in [0.1, 0.15) is 24.1 Å². The van der Waals surface area contributed by atoms with Gasteiger partial charge in [-0.05, 0) is 31.9 Å². The Kier molecular flexibility index (Phi) is 5.23. The normalized spacial score (nSPS) is 15.4. The van der Waals surface area contributed by atoms with E-state index in [0.29, 0.717) is 35.9 Å². The van der Waals surface area contributed by atoms with Crippen molar-refractivity contribution in [2.75, 3.05) is 20.2 Å². The lowest BCUT2D eigenvalue weighted by Crippen LogP contribution is -2.42. The summed E-state index contributed by atoms with van der Waals surface area (Å²) in [5.41, 5.74) is 1.29. The van der Waals surface area contributed by atoms with Gasteiger partial charge in [-0.1, -0.05) is 6.07 Å². The maximum absolute atomic E-state index is 12.5. The zero-order valence-electron chi connectivity index (χ0n) is 14.5. The first kappa shape index (κ1) is 17.3. The number of piperidine rings is 1. The summed E-state index contributed by atoms with van der Waals surface area (Å²) in [6.07, 6.45) is 3.58. The summed E-state index contributed by atoms with van der Waals surface area (Å²) < 4.78 is 5.32. The molecule has 132 valence electrons. The van der Waals surface area contributed by atoms with Crippen LogP contribution in [0.25, 0.3) is 11.5 Å². The number of nitrogens with one attached hydrogen (secondary N) is 1. The van der Waals surface area contributed by atoms with Crippen LogP contribution in [0.2, 0.25) is 0 Å². The number of H-pyrrole nitrogens is 1. The summed E-state index contributed by atoms with van der Waals surface area (Å²) in [6.45, 7) is 3.07. The number of carbonyl (C=O) groups is 1. The van der Waals surface area contributed by atoms with Gasteiger partial charge in [0.1, 0.15) is 5.69 Å². The van der Waals surface area contributed by atoms with Crippen molar-refractivity contribution in [2.24, 2.45) is 0 Å². The van der Waals surface area contributed by atoms with E-state index in [4.69, 9.17) is 4.74 Å². The summed E-state index contributed by atoms with van der Waals surface area (Å²) in [7, 11) is 1.69. The molecule has 7 nitrogen and oxygen atoms in total. The van der Waals surface area contributed by atoms with Gasteiger partial charge < -0.3 is 14.6 Å². The lowest BCUT2D eigenvalue weighted by atomic mass is 10.1. The van der Waals surface area contributed by atoms with E-state index in [1.165, 1.54) is 0 Å². The summed E-state index contributed by atoms with van der Waals surface area (Å²) in [6, 6.07) is 5.41. The number of aromatic nitrogens is 3. The molecule has 1 amide bonds. The summed E-state index contributed by atoms with van der Waals surface area (Å²) in [5.74, 6) is 0.371. The molecule has 0 atom stereocenters. The molecule has 3 rings (SSSR count). The minimum Gasteiger partial charge on any atom is -0.381 e. The molecule has 2 aromatic heterocycles. The van der Waals surface area contributed by atoms with Crippen molar-refractivity contribution in [1.82, 2.24) is 19.9 Å². The van der Waals surface area contributed by atoms with Crippen LogP contribution in [0.15, 0.2) is 29.2 Å². The molecular formula is C18H22N4O3. The number of aromatic amines is 1. The van der Waals surface area contributed by atoms with Crippen LogP contribution in [-0.4, -0.2) is 52.1 Å². The fourth-order valence-corrected chi connectivity index (χ4v) is 3.05. The van der Waals surface area contributed by atoms with Gasteiger partial charge in [-0.25, -0.2) is 4.98 Å². The number of hydrogen-bond donors (Lipinski definition) is 1. The van der Waals surface area contributed by atoms with Crippen LogP contribution in [0.3, 0.4) is 0 Å². The van der Waals surface area contributed by atoms with E-state index in [0.717, 1.165) is 12.8 Å². The zero-order valence-corrected chi connectivity index (χ0v) is 14.5. The van der Waals surface area contributed by atoms with Gasteiger partial charge in [-0.3, -0.25) is 14.6 Å². The zero-order chi connectivity index (χ0) is 17.8. The van der Waals surface area contributed by atoms with Gasteiger partial charge in [0.05, 0.1) is 12.5 Å². The number of methoxy groups -OCH3 is 1. The van der Waals surface area contributed by atoms with E-state index >= 15 is 0 Å². The van der Waals surface area contributed by atoms with Crippen LogP contribution in [0.4, 0.5) is 0 Å². The molecular weight excluding hydrogens is 320 g/mol. The number of pyridine rings is 1. The smallest absolute Gasteiger partial charge is 0.255 e. The highest BCUT2D eigenvalue weighted by atomic mass is 16.5. The summed E-state index contributed by atoms with van der Waals surface area (Å²) in [4.78, 5) is 38.1. The van der Waals surface area contributed by atoms with Crippen molar-refractivity contribution in [2.45, 2.75) is 32.3 Å². The fourth-order valence-electron chi connectivity index (χ4n) is 3.05. The van der Waals surface area contributed by atoms with Gasteiger partial charge in [0.2, 0.25) is 5.91 Å². The van der Waals surface area contributed by atoms with Gasteiger partial charge in [0.15, 0.2) is 5.82 Å². The highest BCUT2D eigenvalue weighted by Crippen LogP contribution is 2.15. The van der Waals surface area contributed by atoms with Gasteiger partial charge in [0, 0.05) is 37.7 Å². The Morgan fingerprint density at radius 3 is 2.72 bits per heavy atom. The Morgan fingerprint density at radius 1 is 1.36 bits per heavy atom. The SMILES string of the molecule is COC1CCN(C(=O)Cc2c(C)nc(-c3ccccn3)[nH]c2=O)CC1. The number of nitrogens with zero attached hydrogens (tertiary/aromatic N) is 3. The first-order valence-electron chi connectivity index (χ1n) is 8.40. The van der Waals surface area contributed by atoms with Crippen molar-refractivity contribution in [3.05, 3.63) is 46.0 Å². The maximum atomic E-state index is 12.5. The average Bonchev–Trinajstić information content (AvgIpc) is 2.65. The largest absolute Gasteiger partial charge is 0.381 e. The molecule has 0 aliphatic carbocycles. The van der Waals surface area contributed by atoms with Crippen LogP contribution in [0, 0.1) is 6.92 Å². The second-order valence-corrected chi connectivity index (χ2v) is 6.19. The van der Waals surface area contributed by atoms with Crippen molar-refractivity contribution < 1.29 is 9.53 Å². The van der Waals surface area contributed by atoms with Crippen LogP contribution < -0.4 is 5.56 Å². The Morgan fingerprint density at radius 2 is 2.12 bits per heavy atom. The standard InChI is InChI=1S/C18H22N4O3/c1-12-14(11-16(23)22-9-6-13(25-2)7-10-22)18(24)21-17(20-12)15-5-3-4-8-19-15/h3-5,8,13H,6-7,9-11H2,1-2H3,(H,20,21,24). The minimum absolute atomic E-state index is 0.0458. The number of likely N-dealkylation sites (tertiary alicyclic amines) is 1. The summed E-state index contributed by atoms with van der Waals surface area (Å²) >= 11 is 0. The van der Waals surface area contributed by atoms with Crippen molar-refractivity contribution in [3.8, 4) is 11.5 Å². The third kappa shape index (κ3) is 3.93.